The highest BCUT2D eigenvalue weighted by Gasteiger charge is 2.41. The summed E-state index contributed by atoms with van der Waals surface area (Å²) in [5.74, 6) is -12.4. The summed E-state index contributed by atoms with van der Waals surface area (Å²) in [4.78, 5) is 238. The number of primary amides is 1. The van der Waals surface area contributed by atoms with Crippen LogP contribution in [-0.4, -0.2) is 227 Å². The molecule has 4 heterocycles. The van der Waals surface area contributed by atoms with Crippen LogP contribution in [0.3, 0.4) is 0 Å². The van der Waals surface area contributed by atoms with Gasteiger partial charge in [0.15, 0.2) is 0 Å². The second-order valence-corrected chi connectivity index (χ2v) is 30.8. The molecule has 19 amide bonds. The van der Waals surface area contributed by atoms with Crippen LogP contribution in [0, 0.1) is 5.92 Å². The Hall–Kier alpha value is -11.7. The van der Waals surface area contributed by atoms with Crippen LogP contribution in [0.2, 0.25) is 5.02 Å². The average Bonchev–Trinajstić information content (AvgIpc) is 1.56. The van der Waals surface area contributed by atoms with Crippen molar-refractivity contribution in [2.75, 3.05) is 32.8 Å². The highest BCUT2D eigenvalue weighted by atomic mass is 35.5. The summed E-state index contributed by atoms with van der Waals surface area (Å²) >= 11 is 6.26. The number of nitrogens with zero attached hydrogens (tertiary/aromatic N) is 2. The first-order valence-corrected chi connectivity index (χ1v) is 40.1. The summed E-state index contributed by atoms with van der Waals surface area (Å²) in [6.07, 6.45) is 3.03. The highest BCUT2D eigenvalue weighted by molar-refractivity contribution is 6.30. The Kier molecular flexibility index (Phi) is 37.1. The molecule has 3 aliphatic rings. The van der Waals surface area contributed by atoms with Crippen molar-refractivity contribution >= 4 is 123 Å². The molecule has 37 nitrogen and oxygen atoms in total. The minimum absolute atomic E-state index is 0.00113. The summed E-state index contributed by atoms with van der Waals surface area (Å²) in [5, 5.41) is 54.7. The Labute approximate surface area is 688 Å². The second kappa shape index (κ2) is 46.9. The van der Waals surface area contributed by atoms with Gasteiger partial charge >= 0.3 is 12.1 Å². The summed E-state index contributed by atoms with van der Waals surface area (Å²) < 4.78 is 0. The van der Waals surface area contributed by atoms with E-state index in [-0.39, 0.29) is 121 Å². The lowest BCUT2D eigenvalue weighted by molar-refractivity contribution is -0.142. The lowest BCUT2D eigenvalue weighted by Gasteiger charge is -2.31. The lowest BCUT2D eigenvalue weighted by Crippen LogP contribution is -2.61. The van der Waals surface area contributed by atoms with Gasteiger partial charge in [0.05, 0.1) is 19.4 Å². The molecule has 4 aromatic rings. The monoisotopic (exact) mass is 1660 g/mol. The van der Waals surface area contributed by atoms with Gasteiger partial charge in [-0.3, -0.25) is 87.5 Å². The normalized spacial score (nSPS) is 17.5. The third-order valence-electron chi connectivity index (χ3n) is 19.8. The number of nitrogens with two attached hydrogens (primary N) is 1. The number of pyridine rings is 1. The van der Waals surface area contributed by atoms with E-state index in [0.717, 1.165) is 10.8 Å². The lowest BCUT2D eigenvalue weighted by atomic mass is 9.99. The molecular weight excluding hydrogens is 1550 g/mol. The molecule has 0 aliphatic carbocycles. The van der Waals surface area contributed by atoms with Crippen molar-refractivity contribution < 1.29 is 86.6 Å². The Morgan fingerprint density at radius 2 is 0.983 bits per heavy atom. The predicted octanol–water partition coefficient (Wildman–Crippen LogP) is -1.23. The number of aliphatic hydroxyl groups is 1. The highest BCUT2D eigenvalue weighted by Crippen LogP contribution is 2.23. The van der Waals surface area contributed by atoms with Gasteiger partial charge in [0.2, 0.25) is 88.6 Å². The van der Waals surface area contributed by atoms with Gasteiger partial charge in [-0.2, -0.15) is 0 Å². The minimum atomic E-state index is -1.91. The summed E-state index contributed by atoms with van der Waals surface area (Å²) in [6, 6.07) is 4.38. The van der Waals surface area contributed by atoms with Crippen LogP contribution in [0.5, 0.6) is 0 Å². The topological polar surface area (TPSA) is 545 Å². The molecule has 640 valence electrons. The zero-order valence-electron chi connectivity index (χ0n) is 67.0. The first-order valence-electron chi connectivity index (χ1n) is 39.8. The van der Waals surface area contributed by atoms with Gasteiger partial charge in [-0.05, 0) is 142 Å². The molecule has 38 heteroatoms. The largest absolute Gasteiger partial charge is 0.394 e. The molecule has 3 fully saturated rings. The summed E-state index contributed by atoms with van der Waals surface area (Å²) in [5.41, 5.74) is 7.04. The van der Waals surface area contributed by atoms with E-state index in [9.17, 15) is 77.0 Å². The van der Waals surface area contributed by atoms with Crippen molar-refractivity contribution in [3.8, 4) is 0 Å². The smallest absolute Gasteiger partial charge is 0.322 e. The number of urea groups is 2. The summed E-state index contributed by atoms with van der Waals surface area (Å²) in [7, 11) is 0. The number of nitrogens with one attached hydrogen (secondary N) is 16. The average molecular weight is 1660 g/mol. The maximum atomic E-state index is 15.2. The SMILES string of the molecule is CC(=O)N[C@H](Cc1ccc2ccccc2c1)C(=O)N[C@H](Cc1ccc(Cl)cc1)C(=O)N[C@H](Cc1cccnc1)C(=O)N[C@@H](CO)C(=O)N[C@@H](CCCCNC(=O)[C@H]1CC(=O)NC(=O)N1)C(=O)N[C@H](CCCCNC(=O)[C@@H]1CC(=O)NC(=O)N1)C(=O)N[C@@H](CC(C)C)C(=O)N[C@@H](CCCCNC(C)C)C(=O)N1CCC[C@H]1C(=O)N[C@H](C)C(N)=O. The first kappa shape index (κ1) is 93.4. The molecule has 3 aliphatic heterocycles. The minimum Gasteiger partial charge on any atom is -0.394 e. The van der Waals surface area contributed by atoms with E-state index >= 15 is 9.59 Å². The Morgan fingerprint density at radius 3 is 1.50 bits per heavy atom. The van der Waals surface area contributed by atoms with Crippen molar-refractivity contribution in [1.29, 1.82) is 0 Å². The predicted molar refractivity (Wildman–Crippen MR) is 431 cm³/mol. The third-order valence-corrected chi connectivity index (χ3v) is 20.1. The first-order chi connectivity index (χ1) is 56.2. The van der Waals surface area contributed by atoms with Gasteiger partial charge in [0.25, 0.3) is 0 Å². The number of amides is 19. The van der Waals surface area contributed by atoms with E-state index in [1.807, 2.05) is 60.9 Å². The number of aromatic nitrogens is 1. The molecule has 0 bridgehead atoms. The van der Waals surface area contributed by atoms with Gasteiger partial charge in [-0.1, -0.05) is 100.0 Å². The van der Waals surface area contributed by atoms with Crippen LogP contribution in [0.4, 0.5) is 9.59 Å². The van der Waals surface area contributed by atoms with Gasteiger partial charge in [-0.25, -0.2) is 9.59 Å². The van der Waals surface area contributed by atoms with Crippen molar-refractivity contribution in [3.05, 3.63) is 113 Å². The Bertz CT molecular complexity index is 4200. The maximum absolute atomic E-state index is 15.2. The fourth-order valence-corrected chi connectivity index (χ4v) is 13.7. The number of hydrogen-bond acceptors (Lipinski definition) is 20. The molecule has 12 atom stereocenters. The number of rotatable bonds is 46. The van der Waals surface area contributed by atoms with Crippen LogP contribution >= 0.6 is 11.6 Å². The van der Waals surface area contributed by atoms with Crippen molar-refractivity contribution in [1.82, 2.24) is 95.0 Å². The molecule has 7 rings (SSSR count). The number of benzene rings is 3. The summed E-state index contributed by atoms with van der Waals surface area (Å²) in [6.45, 7) is 9.48. The fourth-order valence-electron chi connectivity index (χ4n) is 13.6. The van der Waals surface area contributed by atoms with Crippen LogP contribution in [0.1, 0.15) is 148 Å². The molecule has 3 aromatic carbocycles. The van der Waals surface area contributed by atoms with Crippen LogP contribution in [-0.2, 0) is 91.2 Å². The Morgan fingerprint density at radius 1 is 0.517 bits per heavy atom. The van der Waals surface area contributed by atoms with E-state index in [4.69, 9.17) is 17.3 Å². The fraction of sp³-hybridized carbons (Fsp3) is 0.525. The van der Waals surface area contributed by atoms with Crippen molar-refractivity contribution in [2.24, 2.45) is 11.7 Å². The zero-order chi connectivity index (χ0) is 86.1. The number of carbonyl (C=O) groups excluding carboxylic acids is 17. The molecule has 19 N–H and O–H groups in total. The molecule has 0 radical (unpaired) electrons. The van der Waals surface area contributed by atoms with Crippen LogP contribution in [0.25, 0.3) is 10.8 Å². The standard InChI is InChI=1S/C80H110ClN19O18/c1-44(2)35-57(72(110)91-56(22-11-12-31-84-45(3)4)78(116)100-34-16-23-64(100)77(115)87-46(5)67(82)105)92-71(109)55(21-10-14-33-86-69(107)62-41-66(104)99-80(118)97-62)89-70(108)54(20-9-13-32-85-68(106)61-40-65(103)98-79(117)96-61)90-76(114)63(43-101)95-75(113)60(39-50-17-15-30-83-42-50)94-74(112)59(37-48-25-28-53(81)29-26-48)93-73(111)58(88-47(6)102)38-49-24-27-51-18-7-8-19-52(51)36-49/h7-8,15,17-19,24-30,36,42,44-46,54-64,84,101H,9-14,16,20-23,31-35,37-41,43H2,1-6H3,(H2,82,105)(H,85,106)(H,86,107)(H,87,115)(H,88,102)(H,89,108)(H,90,114)(H,91,110)(H,92,109)(H,93,111)(H,94,112)(H,95,113)(H2,96,98,103,117)(H2,97,99,104,118)/t46-,54+,55-,56+,57+,58-,59-,60-,61-,62+,63+,64+/m1/s1. The van der Waals surface area contributed by atoms with Gasteiger partial charge in [0.1, 0.15) is 72.5 Å². The zero-order valence-corrected chi connectivity index (χ0v) is 67.8. The van der Waals surface area contributed by atoms with E-state index in [2.05, 4.69) is 79.4 Å². The van der Waals surface area contributed by atoms with Crippen LogP contribution in [0.15, 0.2) is 91.3 Å². The van der Waals surface area contributed by atoms with E-state index in [1.54, 1.807) is 56.3 Å². The Balaban J connectivity index is 1.16. The van der Waals surface area contributed by atoms with E-state index in [1.165, 1.54) is 31.1 Å². The van der Waals surface area contributed by atoms with Crippen LogP contribution < -0.4 is 90.8 Å². The number of carbonyl (C=O) groups is 17. The molecule has 1 aromatic heterocycles. The molecule has 0 unspecified atom stereocenters. The van der Waals surface area contributed by atoms with E-state index < -0.39 is 180 Å². The quantitative estimate of drug-likeness (QED) is 0.0230. The third kappa shape index (κ3) is 30.7. The second-order valence-electron chi connectivity index (χ2n) is 30.3. The van der Waals surface area contributed by atoms with E-state index in [0.29, 0.717) is 47.5 Å². The molecular formula is C80H110ClN19O18. The number of likely N-dealkylation sites (tertiary alicyclic amines) is 1. The number of unbranched alkanes of at least 4 members (excludes halogenated alkanes) is 3. The van der Waals surface area contributed by atoms with Crippen molar-refractivity contribution in [2.45, 2.75) is 229 Å². The number of hydrogen-bond donors (Lipinski definition) is 18. The molecule has 3 saturated heterocycles. The van der Waals surface area contributed by atoms with Gasteiger partial charge in [0, 0.05) is 69.3 Å². The number of imide groups is 2. The number of fused-ring (bicyclic) bond motifs is 1. The van der Waals surface area contributed by atoms with Gasteiger partial charge < -0.3 is 90.2 Å². The number of halogens is 1. The molecule has 0 saturated carbocycles. The van der Waals surface area contributed by atoms with Crippen molar-refractivity contribution in [3.63, 3.8) is 0 Å². The number of aliphatic hydroxyl groups excluding tert-OH is 1. The maximum Gasteiger partial charge on any atom is 0.322 e. The van der Waals surface area contributed by atoms with Gasteiger partial charge in [-0.15, -0.1) is 0 Å². The molecule has 118 heavy (non-hydrogen) atoms. The molecule has 0 spiro atoms.